The summed E-state index contributed by atoms with van der Waals surface area (Å²) in [5.41, 5.74) is 2.12. The fourth-order valence-electron chi connectivity index (χ4n) is 6.11. The number of hydrogen-bond donors (Lipinski definition) is 0. The van der Waals surface area contributed by atoms with Crippen molar-refractivity contribution < 1.29 is 8.42 Å². The van der Waals surface area contributed by atoms with Gasteiger partial charge in [0.15, 0.2) is 9.84 Å². The number of benzene rings is 2. The van der Waals surface area contributed by atoms with Crippen LogP contribution >= 0.6 is 0 Å². The Morgan fingerprint density at radius 2 is 1.26 bits per heavy atom. The molecule has 0 saturated carbocycles. The molecule has 0 aromatic heterocycles. The Labute approximate surface area is 187 Å². The maximum atomic E-state index is 14.0. The molecule has 2 aromatic carbocycles. The summed E-state index contributed by atoms with van der Waals surface area (Å²) in [5.74, 6) is 0. The summed E-state index contributed by atoms with van der Waals surface area (Å²) in [4.78, 5) is 4.98. The van der Waals surface area contributed by atoms with Crippen LogP contribution in [-0.2, 0) is 9.84 Å². The lowest BCUT2D eigenvalue weighted by Gasteiger charge is -2.55. The summed E-state index contributed by atoms with van der Waals surface area (Å²) < 4.78 is 28.0. The van der Waals surface area contributed by atoms with E-state index in [-0.39, 0.29) is 17.3 Å². The fraction of sp³-hybridized carbons (Fsp3) is 0.538. The Hall–Kier alpha value is -1.69. The summed E-state index contributed by atoms with van der Waals surface area (Å²) in [6, 6.07) is 20.4. The van der Waals surface area contributed by atoms with Gasteiger partial charge in [-0.2, -0.15) is 0 Å². The van der Waals surface area contributed by atoms with Crippen LogP contribution in [0, 0.1) is 0 Å². The summed E-state index contributed by atoms with van der Waals surface area (Å²) >= 11 is 0. The van der Waals surface area contributed by atoms with E-state index in [2.05, 4.69) is 34.1 Å². The lowest BCUT2D eigenvalue weighted by molar-refractivity contribution is 0.0804. The molecule has 0 unspecified atom stereocenters. The molecule has 4 atom stereocenters. The van der Waals surface area contributed by atoms with Gasteiger partial charge >= 0.3 is 0 Å². The van der Waals surface area contributed by atoms with Crippen molar-refractivity contribution in [1.82, 2.24) is 9.80 Å². The summed E-state index contributed by atoms with van der Waals surface area (Å²) in [7, 11) is -3.29. The molecular weight excluding hydrogens is 404 g/mol. The molecule has 4 nitrogen and oxygen atoms in total. The van der Waals surface area contributed by atoms with Gasteiger partial charge in [-0.1, -0.05) is 73.5 Å². The first-order valence-electron chi connectivity index (χ1n) is 12.0. The van der Waals surface area contributed by atoms with Crippen molar-refractivity contribution >= 4 is 9.84 Å². The van der Waals surface area contributed by atoms with Crippen LogP contribution in [0.5, 0.6) is 0 Å². The Balaban J connectivity index is 1.58. The lowest BCUT2D eigenvalue weighted by atomic mass is 9.88. The minimum absolute atomic E-state index is 0.0554. The number of hydrogen-bond acceptors (Lipinski definition) is 4. The normalized spacial score (nSPS) is 30.4. The van der Waals surface area contributed by atoms with Gasteiger partial charge in [-0.25, -0.2) is 8.42 Å². The van der Waals surface area contributed by atoms with Crippen molar-refractivity contribution in [2.24, 2.45) is 0 Å². The molecule has 0 amide bonds. The highest BCUT2D eigenvalue weighted by molar-refractivity contribution is 7.94. The standard InChI is InChI=1S/C26H34N2O2S/c29-31(30)25(22-15-7-2-8-16-22)24(28-19-11-4-12-20-28)26(31)23(21-13-5-1-6-14-21)27-17-9-3-10-18-27/h1-2,5-8,13-16,23-26H,3-4,9-12,17-20H2/t23-,24+,25+,26+/m1/s1. The zero-order valence-corrected chi connectivity index (χ0v) is 19.1. The third-order valence-electron chi connectivity index (χ3n) is 7.56. The molecular formula is C26H34N2O2S. The van der Waals surface area contributed by atoms with Gasteiger partial charge < -0.3 is 0 Å². The van der Waals surface area contributed by atoms with E-state index in [1.54, 1.807) is 0 Å². The van der Waals surface area contributed by atoms with Crippen molar-refractivity contribution in [3.63, 3.8) is 0 Å². The molecule has 3 aliphatic rings. The zero-order valence-electron chi connectivity index (χ0n) is 18.3. The lowest BCUT2D eigenvalue weighted by Crippen LogP contribution is -2.66. The van der Waals surface area contributed by atoms with Crippen molar-refractivity contribution in [3.05, 3.63) is 71.8 Å². The number of piperidine rings is 2. The number of likely N-dealkylation sites (tertiary alicyclic amines) is 2. The molecule has 3 aliphatic heterocycles. The van der Waals surface area contributed by atoms with Crippen LogP contribution in [0.1, 0.15) is 60.9 Å². The largest absolute Gasteiger partial charge is 0.297 e. The van der Waals surface area contributed by atoms with Gasteiger partial charge in [-0.05, 0) is 63.0 Å². The molecule has 0 aliphatic carbocycles. The molecule has 166 valence electrons. The van der Waals surface area contributed by atoms with E-state index >= 15 is 0 Å². The number of rotatable bonds is 5. The van der Waals surface area contributed by atoms with E-state index in [0.717, 1.165) is 50.1 Å². The maximum absolute atomic E-state index is 14.0. The van der Waals surface area contributed by atoms with Gasteiger partial charge in [-0.15, -0.1) is 0 Å². The predicted molar refractivity (Wildman–Crippen MR) is 126 cm³/mol. The van der Waals surface area contributed by atoms with Crippen molar-refractivity contribution in [3.8, 4) is 0 Å². The molecule has 5 rings (SSSR count). The first kappa shape index (κ1) is 21.2. The van der Waals surface area contributed by atoms with Crippen molar-refractivity contribution in [2.45, 2.75) is 61.1 Å². The van der Waals surface area contributed by atoms with Gasteiger partial charge in [0.2, 0.25) is 0 Å². The summed E-state index contributed by atoms with van der Waals surface area (Å²) in [6.07, 6.45) is 7.16. The highest BCUT2D eigenvalue weighted by Crippen LogP contribution is 2.52. The van der Waals surface area contributed by atoms with E-state index in [1.165, 1.54) is 25.7 Å². The molecule has 3 heterocycles. The molecule has 31 heavy (non-hydrogen) atoms. The molecule has 0 spiro atoms. The first-order valence-corrected chi connectivity index (χ1v) is 13.6. The first-order chi connectivity index (χ1) is 15.2. The van der Waals surface area contributed by atoms with E-state index in [4.69, 9.17) is 0 Å². The van der Waals surface area contributed by atoms with Crippen molar-refractivity contribution in [1.29, 1.82) is 0 Å². The highest BCUT2D eigenvalue weighted by Gasteiger charge is 2.62. The monoisotopic (exact) mass is 438 g/mol. The quantitative estimate of drug-likeness (QED) is 0.684. The van der Waals surface area contributed by atoms with Gasteiger partial charge in [-0.3, -0.25) is 9.80 Å². The Kier molecular flexibility index (Phi) is 6.18. The van der Waals surface area contributed by atoms with Gasteiger partial charge in [0.25, 0.3) is 0 Å². The third-order valence-corrected chi connectivity index (χ3v) is 10.1. The van der Waals surface area contributed by atoms with Crippen LogP contribution in [0.2, 0.25) is 0 Å². The van der Waals surface area contributed by atoms with Gasteiger partial charge in [0, 0.05) is 6.04 Å². The minimum Gasteiger partial charge on any atom is -0.297 e. The second-order valence-electron chi connectivity index (χ2n) is 9.42. The highest BCUT2D eigenvalue weighted by atomic mass is 32.2. The Morgan fingerprint density at radius 3 is 1.87 bits per heavy atom. The summed E-state index contributed by atoms with van der Waals surface area (Å²) in [5, 5.41) is -0.774. The van der Waals surface area contributed by atoms with E-state index in [9.17, 15) is 8.42 Å². The molecule has 2 aromatic rings. The van der Waals surface area contributed by atoms with Crippen LogP contribution in [0.4, 0.5) is 0 Å². The maximum Gasteiger partial charge on any atom is 0.165 e. The molecule has 0 radical (unpaired) electrons. The van der Waals surface area contributed by atoms with Crippen LogP contribution < -0.4 is 0 Å². The van der Waals surface area contributed by atoms with E-state index < -0.39 is 15.1 Å². The van der Waals surface area contributed by atoms with Crippen molar-refractivity contribution in [2.75, 3.05) is 26.2 Å². The Morgan fingerprint density at radius 1 is 0.710 bits per heavy atom. The fourth-order valence-corrected chi connectivity index (χ4v) is 8.85. The SMILES string of the molecule is O=S1(=O)[C@@H]([C@@H](c2ccccc2)N2CCCCC2)[C@@H](N2CCCCC2)[C@@H]1c1ccccc1. The second kappa shape index (κ2) is 9.05. The average Bonchev–Trinajstić information content (AvgIpc) is 2.83. The van der Waals surface area contributed by atoms with Crippen LogP contribution in [0.25, 0.3) is 0 Å². The second-order valence-corrected chi connectivity index (χ2v) is 11.7. The van der Waals surface area contributed by atoms with Crippen LogP contribution in [-0.4, -0.2) is 55.7 Å². The zero-order chi connectivity index (χ0) is 21.3. The molecule has 0 N–H and O–H groups in total. The predicted octanol–water partition coefficient (Wildman–Crippen LogP) is 4.61. The number of sulfone groups is 1. The Bertz CT molecular complexity index is 951. The third kappa shape index (κ3) is 3.96. The minimum atomic E-state index is -3.29. The van der Waals surface area contributed by atoms with Crippen LogP contribution in [0.15, 0.2) is 60.7 Å². The van der Waals surface area contributed by atoms with E-state index in [1.807, 2.05) is 36.4 Å². The topological polar surface area (TPSA) is 40.6 Å². The van der Waals surface area contributed by atoms with Gasteiger partial charge in [0.05, 0.1) is 11.3 Å². The van der Waals surface area contributed by atoms with Crippen LogP contribution in [0.3, 0.4) is 0 Å². The molecule has 0 bridgehead atoms. The van der Waals surface area contributed by atoms with E-state index in [0.29, 0.717) is 0 Å². The average molecular weight is 439 g/mol. The number of nitrogens with zero attached hydrogens (tertiary/aromatic N) is 2. The van der Waals surface area contributed by atoms with Gasteiger partial charge in [0.1, 0.15) is 5.25 Å². The smallest absolute Gasteiger partial charge is 0.165 e. The molecule has 3 saturated heterocycles. The molecule has 3 fully saturated rings. The molecule has 5 heteroatoms. The summed E-state index contributed by atoms with van der Waals surface area (Å²) in [6.45, 7) is 4.02.